The Balaban J connectivity index is 1.59. The Hall–Kier alpha value is -2.44. The van der Waals surface area contributed by atoms with Gasteiger partial charge in [-0.1, -0.05) is 0 Å². The Morgan fingerprint density at radius 3 is 2.45 bits per heavy atom. The predicted octanol–water partition coefficient (Wildman–Crippen LogP) is 1.33. The van der Waals surface area contributed by atoms with E-state index < -0.39 is 0 Å². The number of rotatable bonds is 3. The van der Waals surface area contributed by atoms with Crippen LogP contribution in [0.1, 0.15) is 13.0 Å². The van der Waals surface area contributed by atoms with Gasteiger partial charge in [-0.15, -0.1) is 0 Å². The van der Waals surface area contributed by atoms with Crippen LogP contribution in [0.4, 0.5) is 10.1 Å². The van der Waals surface area contributed by atoms with Gasteiger partial charge in [0.25, 0.3) is 0 Å². The third kappa shape index (κ3) is 2.93. The Bertz CT molecular complexity index is 620. The van der Waals surface area contributed by atoms with Crippen molar-refractivity contribution in [3.63, 3.8) is 0 Å². The van der Waals surface area contributed by atoms with Crippen LogP contribution >= 0.6 is 0 Å². The molecule has 7 heteroatoms. The van der Waals surface area contributed by atoms with Gasteiger partial charge in [0.15, 0.2) is 0 Å². The van der Waals surface area contributed by atoms with Crippen LogP contribution < -0.4 is 4.90 Å². The molecule has 1 aromatic heterocycles. The maximum Gasteiger partial charge on any atom is 0.247 e. The van der Waals surface area contributed by atoms with Crippen LogP contribution in [-0.2, 0) is 4.79 Å². The summed E-state index contributed by atoms with van der Waals surface area (Å²) in [6, 6.07) is 6.11. The van der Waals surface area contributed by atoms with Crippen LogP contribution in [0.25, 0.3) is 0 Å². The van der Waals surface area contributed by atoms with Crippen LogP contribution in [-0.4, -0.2) is 51.8 Å². The average molecular weight is 303 g/mol. The molecule has 3 rings (SSSR count). The molecule has 0 aliphatic carbocycles. The second-order valence-corrected chi connectivity index (χ2v) is 5.34. The fourth-order valence-electron chi connectivity index (χ4n) is 2.63. The highest BCUT2D eigenvalue weighted by atomic mass is 19.1. The van der Waals surface area contributed by atoms with Gasteiger partial charge in [0, 0.05) is 31.9 Å². The Kier molecular flexibility index (Phi) is 4.04. The highest BCUT2D eigenvalue weighted by Crippen LogP contribution is 2.18. The van der Waals surface area contributed by atoms with E-state index in [9.17, 15) is 9.18 Å². The molecule has 1 aromatic carbocycles. The minimum atomic E-state index is -0.347. The maximum atomic E-state index is 13.0. The molecule has 1 aliphatic heterocycles. The number of benzene rings is 1. The van der Waals surface area contributed by atoms with Crippen molar-refractivity contribution >= 4 is 11.6 Å². The molecule has 6 nitrogen and oxygen atoms in total. The normalized spacial score (nSPS) is 16.6. The van der Waals surface area contributed by atoms with E-state index in [1.165, 1.54) is 18.5 Å². The summed E-state index contributed by atoms with van der Waals surface area (Å²) in [5.74, 6) is -0.191. The molecule has 0 radical (unpaired) electrons. The summed E-state index contributed by atoms with van der Waals surface area (Å²) >= 11 is 0. The quantitative estimate of drug-likeness (QED) is 0.858. The van der Waals surface area contributed by atoms with Gasteiger partial charge in [0.05, 0.1) is 0 Å². The lowest BCUT2D eigenvalue weighted by atomic mass is 10.2. The molecule has 1 fully saturated rings. The highest BCUT2D eigenvalue weighted by molar-refractivity contribution is 5.80. The van der Waals surface area contributed by atoms with E-state index in [1.807, 2.05) is 11.8 Å². The largest absolute Gasteiger partial charge is 0.368 e. The monoisotopic (exact) mass is 303 g/mol. The Labute approximate surface area is 128 Å². The van der Waals surface area contributed by atoms with Crippen molar-refractivity contribution in [2.24, 2.45) is 0 Å². The lowest BCUT2D eigenvalue weighted by Crippen LogP contribution is -2.50. The zero-order valence-corrected chi connectivity index (χ0v) is 12.4. The van der Waals surface area contributed by atoms with E-state index in [0.29, 0.717) is 13.1 Å². The van der Waals surface area contributed by atoms with Gasteiger partial charge in [0.1, 0.15) is 24.5 Å². The molecule has 0 N–H and O–H groups in total. The van der Waals surface area contributed by atoms with Gasteiger partial charge in [-0.05, 0) is 31.2 Å². The van der Waals surface area contributed by atoms with Crippen LogP contribution in [0, 0.1) is 5.82 Å². The summed E-state index contributed by atoms with van der Waals surface area (Å²) in [6.45, 7) is 4.59. The molecule has 1 saturated heterocycles. The van der Waals surface area contributed by atoms with Crippen molar-refractivity contribution in [2.45, 2.75) is 13.0 Å². The highest BCUT2D eigenvalue weighted by Gasteiger charge is 2.26. The molecule has 22 heavy (non-hydrogen) atoms. The molecule has 1 amide bonds. The minimum Gasteiger partial charge on any atom is -0.368 e. The van der Waals surface area contributed by atoms with Crippen molar-refractivity contribution in [3.8, 4) is 0 Å². The zero-order chi connectivity index (χ0) is 15.5. The predicted molar refractivity (Wildman–Crippen MR) is 79.9 cm³/mol. The first-order chi connectivity index (χ1) is 10.6. The van der Waals surface area contributed by atoms with Gasteiger partial charge >= 0.3 is 0 Å². The molecule has 1 aliphatic rings. The van der Waals surface area contributed by atoms with Crippen molar-refractivity contribution in [2.75, 3.05) is 31.1 Å². The third-order valence-electron chi connectivity index (χ3n) is 3.97. The van der Waals surface area contributed by atoms with Crippen LogP contribution in [0.5, 0.6) is 0 Å². The van der Waals surface area contributed by atoms with Crippen molar-refractivity contribution < 1.29 is 9.18 Å². The number of aromatic nitrogens is 3. The van der Waals surface area contributed by atoms with Crippen molar-refractivity contribution in [3.05, 3.63) is 42.7 Å². The molecule has 1 atom stereocenters. The minimum absolute atomic E-state index is 0.0456. The summed E-state index contributed by atoms with van der Waals surface area (Å²) in [6.07, 6.45) is 2.98. The molecule has 0 saturated carbocycles. The number of piperazine rings is 1. The number of carbonyl (C=O) groups excluding carboxylic acids is 1. The van der Waals surface area contributed by atoms with Gasteiger partial charge in [-0.25, -0.2) is 14.1 Å². The van der Waals surface area contributed by atoms with Crippen molar-refractivity contribution in [1.82, 2.24) is 19.7 Å². The first-order valence-corrected chi connectivity index (χ1v) is 7.28. The molecular weight excluding hydrogens is 285 g/mol. The number of hydrogen-bond acceptors (Lipinski definition) is 4. The van der Waals surface area contributed by atoms with E-state index >= 15 is 0 Å². The van der Waals surface area contributed by atoms with Crippen LogP contribution in [0.15, 0.2) is 36.9 Å². The van der Waals surface area contributed by atoms with E-state index in [1.54, 1.807) is 23.1 Å². The smallest absolute Gasteiger partial charge is 0.247 e. The molecule has 2 aromatic rings. The summed E-state index contributed by atoms with van der Waals surface area (Å²) in [4.78, 5) is 20.3. The molecule has 0 bridgehead atoms. The number of carbonyl (C=O) groups is 1. The van der Waals surface area contributed by atoms with Crippen LogP contribution in [0.3, 0.4) is 0 Å². The molecule has 0 spiro atoms. The lowest BCUT2D eigenvalue weighted by Gasteiger charge is -2.37. The van der Waals surface area contributed by atoms with E-state index in [4.69, 9.17) is 0 Å². The van der Waals surface area contributed by atoms with Crippen LogP contribution in [0.2, 0.25) is 0 Å². The average Bonchev–Trinajstić information content (AvgIpc) is 3.09. The Morgan fingerprint density at radius 2 is 1.86 bits per heavy atom. The zero-order valence-electron chi connectivity index (χ0n) is 12.4. The first kappa shape index (κ1) is 14.5. The number of halogens is 1. The summed E-state index contributed by atoms with van der Waals surface area (Å²) in [5, 5.41) is 4.01. The van der Waals surface area contributed by atoms with E-state index in [2.05, 4.69) is 15.0 Å². The van der Waals surface area contributed by atoms with E-state index in [0.717, 1.165) is 18.8 Å². The number of hydrogen-bond donors (Lipinski definition) is 0. The standard InChI is InChI=1S/C15H18FN5O/c1-12(21-11-17-10-18-21)15(22)20-8-6-19(7-9-20)14-4-2-13(16)3-5-14/h2-5,10-12H,6-9H2,1H3. The molecular formula is C15H18FN5O. The summed E-state index contributed by atoms with van der Waals surface area (Å²) in [7, 11) is 0. The number of nitrogens with zero attached hydrogens (tertiary/aromatic N) is 5. The second-order valence-electron chi connectivity index (χ2n) is 5.34. The maximum absolute atomic E-state index is 13.0. The molecule has 116 valence electrons. The summed E-state index contributed by atoms with van der Waals surface area (Å²) < 4.78 is 14.5. The van der Waals surface area contributed by atoms with Gasteiger partial charge in [0.2, 0.25) is 5.91 Å². The second kappa shape index (κ2) is 6.13. The lowest BCUT2D eigenvalue weighted by molar-refractivity contribution is -0.134. The fraction of sp³-hybridized carbons (Fsp3) is 0.400. The van der Waals surface area contributed by atoms with Gasteiger partial charge in [-0.3, -0.25) is 4.79 Å². The Morgan fingerprint density at radius 1 is 1.18 bits per heavy atom. The van der Waals surface area contributed by atoms with Gasteiger partial charge < -0.3 is 9.80 Å². The topological polar surface area (TPSA) is 54.3 Å². The molecule has 2 heterocycles. The SMILES string of the molecule is CC(C(=O)N1CCN(c2ccc(F)cc2)CC1)n1cncn1. The molecule has 1 unspecified atom stereocenters. The van der Waals surface area contributed by atoms with Gasteiger partial charge in [-0.2, -0.15) is 5.10 Å². The van der Waals surface area contributed by atoms with E-state index in [-0.39, 0.29) is 17.8 Å². The first-order valence-electron chi connectivity index (χ1n) is 7.28. The summed E-state index contributed by atoms with van der Waals surface area (Å²) in [5.41, 5.74) is 0.984. The number of amides is 1. The van der Waals surface area contributed by atoms with Crippen molar-refractivity contribution in [1.29, 1.82) is 0 Å². The fourth-order valence-corrected chi connectivity index (χ4v) is 2.63. The number of anilines is 1. The third-order valence-corrected chi connectivity index (χ3v) is 3.97.